The van der Waals surface area contributed by atoms with Crippen LogP contribution in [-0.2, 0) is 6.42 Å². The molecule has 0 bridgehead atoms. The number of ether oxygens (including phenoxy) is 2. The largest absolute Gasteiger partial charge is 0.458 e. The summed E-state index contributed by atoms with van der Waals surface area (Å²) in [6.07, 6.45) is 2.87. The van der Waals surface area contributed by atoms with E-state index in [2.05, 4.69) is 109 Å². The highest BCUT2D eigenvalue weighted by Gasteiger charge is 2.40. The molecule has 7 aromatic rings. The minimum atomic E-state index is 0.0167. The number of fused-ring (bicyclic) bond motifs is 7. The molecule has 3 heterocycles. The van der Waals surface area contributed by atoms with Gasteiger partial charge in [-0.15, -0.1) is 0 Å². The number of hydrogen-bond donors (Lipinski definition) is 0. The monoisotopic (exact) mass is 587 g/mol. The third-order valence-electron chi connectivity index (χ3n) is 9.77. The molecule has 4 heteroatoms. The SMILES string of the molecule is c1ccc(-c2ccc(-c3cccc4c3Cc3c(-c5cc6c(cn5)B5c7ccccc7Oc7cccc(c75)O6)cccc3-4)cc2)cc1. The average Bonchev–Trinajstić information content (AvgIpc) is 3.51. The smallest absolute Gasteiger partial charge is 0.262 e. The van der Waals surface area contributed by atoms with E-state index in [1.165, 1.54) is 44.5 Å². The molecule has 1 aromatic heterocycles. The standard InChI is InChI=1S/C42H26BNO2/c1-2-9-26(10-3-1)27-19-21-28(22-20-27)29-11-6-12-30-31-13-7-14-32(34(31)23-33(29)30)37-24-41-36(25-44-37)43-35-15-4-5-16-38(35)45-39-17-8-18-40(46-41)42(39)43/h1-22,24-25H,23H2. The molecule has 46 heavy (non-hydrogen) atoms. The van der Waals surface area contributed by atoms with Crippen LogP contribution in [0.5, 0.6) is 23.0 Å². The van der Waals surface area contributed by atoms with Gasteiger partial charge in [0, 0.05) is 23.3 Å². The van der Waals surface area contributed by atoms with E-state index in [0.717, 1.165) is 57.1 Å². The Kier molecular flexibility index (Phi) is 5.43. The zero-order valence-corrected chi connectivity index (χ0v) is 24.9. The average molecular weight is 587 g/mol. The van der Waals surface area contributed by atoms with Crippen molar-refractivity contribution in [3.8, 4) is 67.6 Å². The van der Waals surface area contributed by atoms with E-state index in [1.807, 2.05) is 36.5 Å². The van der Waals surface area contributed by atoms with Crippen molar-refractivity contribution in [2.75, 3.05) is 0 Å². The second-order valence-electron chi connectivity index (χ2n) is 12.2. The first-order valence-electron chi connectivity index (χ1n) is 15.8. The fourth-order valence-corrected chi connectivity index (χ4v) is 7.63. The van der Waals surface area contributed by atoms with Crippen molar-refractivity contribution in [3.63, 3.8) is 0 Å². The van der Waals surface area contributed by atoms with Gasteiger partial charge >= 0.3 is 0 Å². The molecule has 1 aliphatic carbocycles. The lowest BCUT2D eigenvalue weighted by Gasteiger charge is -2.32. The van der Waals surface area contributed by atoms with Gasteiger partial charge in [-0.25, -0.2) is 0 Å². The summed E-state index contributed by atoms with van der Waals surface area (Å²) in [5, 5.41) is 0. The third kappa shape index (κ3) is 3.77. The van der Waals surface area contributed by atoms with Crippen LogP contribution >= 0.6 is 0 Å². The zero-order valence-electron chi connectivity index (χ0n) is 24.9. The van der Waals surface area contributed by atoms with Crippen molar-refractivity contribution < 1.29 is 9.47 Å². The Morgan fingerprint density at radius 1 is 0.457 bits per heavy atom. The van der Waals surface area contributed by atoms with Gasteiger partial charge in [0.2, 0.25) is 0 Å². The Morgan fingerprint density at radius 3 is 1.85 bits per heavy atom. The molecule has 214 valence electrons. The van der Waals surface area contributed by atoms with E-state index in [4.69, 9.17) is 14.5 Å². The second kappa shape index (κ2) is 9.82. The number of benzene rings is 6. The molecule has 0 amide bonds. The van der Waals surface area contributed by atoms with Gasteiger partial charge in [-0.1, -0.05) is 115 Å². The summed E-state index contributed by atoms with van der Waals surface area (Å²) in [6, 6.07) is 49.3. The number of pyridine rings is 1. The highest BCUT2D eigenvalue weighted by Crippen LogP contribution is 2.45. The number of hydrogen-bond acceptors (Lipinski definition) is 3. The van der Waals surface area contributed by atoms with Gasteiger partial charge in [0.05, 0.1) is 5.69 Å². The predicted octanol–water partition coefficient (Wildman–Crippen LogP) is 8.38. The maximum atomic E-state index is 6.58. The van der Waals surface area contributed by atoms with Crippen LogP contribution in [0.1, 0.15) is 11.1 Å². The first-order valence-corrected chi connectivity index (χ1v) is 15.8. The Morgan fingerprint density at radius 2 is 1.04 bits per heavy atom. The molecule has 3 nitrogen and oxygen atoms in total. The summed E-state index contributed by atoms with van der Waals surface area (Å²) in [6.45, 7) is 0.0167. The highest BCUT2D eigenvalue weighted by atomic mass is 16.5. The second-order valence-corrected chi connectivity index (χ2v) is 12.2. The molecule has 0 radical (unpaired) electrons. The van der Waals surface area contributed by atoms with Crippen LogP contribution in [0.2, 0.25) is 0 Å². The molecule has 0 N–H and O–H groups in total. The molecule has 2 aliphatic heterocycles. The van der Waals surface area contributed by atoms with Crippen LogP contribution in [0.4, 0.5) is 0 Å². The molecular weight excluding hydrogens is 561 g/mol. The Bertz CT molecular complexity index is 2350. The molecule has 0 spiro atoms. The van der Waals surface area contributed by atoms with Crippen molar-refractivity contribution in [1.29, 1.82) is 0 Å². The van der Waals surface area contributed by atoms with E-state index >= 15 is 0 Å². The highest BCUT2D eigenvalue weighted by molar-refractivity contribution is 6.98. The van der Waals surface area contributed by atoms with Crippen molar-refractivity contribution in [3.05, 3.63) is 157 Å². The van der Waals surface area contributed by atoms with Gasteiger partial charge in [-0.05, 0) is 80.1 Å². The zero-order chi connectivity index (χ0) is 30.2. The Labute approximate surface area is 267 Å². The van der Waals surface area contributed by atoms with Gasteiger partial charge in [-0.3, -0.25) is 4.98 Å². The van der Waals surface area contributed by atoms with E-state index < -0.39 is 0 Å². The van der Waals surface area contributed by atoms with Crippen LogP contribution < -0.4 is 25.9 Å². The Balaban J connectivity index is 1.04. The van der Waals surface area contributed by atoms with Gasteiger partial charge in [0.25, 0.3) is 6.71 Å². The minimum absolute atomic E-state index is 0.0167. The normalized spacial score (nSPS) is 13.0. The van der Waals surface area contributed by atoms with Crippen molar-refractivity contribution in [2.24, 2.45) is 0 Å². The van der Waals surface area contributed by atoms with Crippen molar-refractivity contribution >= 4 is 23.1 Å². The summed E-state index contributed by atoms with van der Waals surface area (Å²) < 4.78 is 12.9. The molecular formula is C42H26BNO2. The van der Waals surface area contributed by atoms with Gasteiger partial charge in [0.1, 0.15) is 23.0 Å². The maximum absolute atomic E-state index is 6.58. The minimum Gasteiger partial charge on any atom is -0.458 e. The molecule has 0 saturated carbocycles. The maximum Gasteiger partial charge on any atom is 0.262 e. The molecule has 10 rings (SSSR count). The summed E-state index contributed by atoms with van der Waals surface area (Å²) in [5.41, 5.74) is 15.6. The number of rotatable bonds is 3. The van der Waals surface area contributed by atoms with Crippen LogP contribution in [-0.4, -0.2) is 11.7 Å². The van der Waals surface area contributed by atoms with E-state index in [-0.39, 0.29) is 6.71 Å². The quantitative estimate of drug-likeness (QED) is 0.195. The van der Waals surface area contributed by atoms with Crippen LogP contribution in [0.3, 0.4) is 0 Å². The molecule has 6 aromatic carbocycles. The number of aromatic nitrogens is 1. The summed E-state index contributed by atoms with van der Waals surface area (Å²) >= 11 is 0. The molecule has 0 unspecified atom stereocenters. The first-order chi connectivity index (χ1) is 22.8. The summed E-state index contributed by atoms with van der Waals surface area (Å²) in [4.78, 5) is 5.10. The first kappa shape index (κ1) is 25.5. The number of para-hydroxylation sites is 1. The Hall–Kier alpha value is -5.87. The van der Waals surface area contributed by atoms with E-state index in [9.17, 15) is 0 Å². The fraction of sp³-hybridized carbons (Fsp3) is 0.0238. The lowest BCUT2D eigenvalue weighted by molar-refractivity contribution is 0.464. The third-order valence-corrected chi connectivity index (χ3v) is 9.77. The predicted molar refractivity (Wildman–Crippen MR) is 186 cm³/mol. The van der Waals surface area contributed by atoms with Crippen molar-refractivity contribution in [2.45, 2.75) is 6.42 Å². The van der Waals surface area contributed by atoms with Crippen molar-refractivity contribution in [1.82, 2.24) is 4.98 Å². The van der Waals surface area contributed by atoms with Gasteiger partial charge < -0.3 is 9.47 Å². The van der Waals surface area contributed by atoms with Gasteiger partial charge in [0.15, 0.2) is 0 Å². The van der Waals surface area contributed by atoms with Crippen LogP contribution in [0, 0.1) is 0 Å². The van der Waals surface area contributed by atoms with E-state index in [0.29, 0.717) is 0 Å². The molecule has 3 aliphatic rings. The molecule has 0 atom stereocenters. The fourth-order valence-electron chi connectivity index (χ4n) is 7.63. The molecule has 0 fully saturated rings. The topological polar surface area (TPSA) is 31.4 Å². The summed E-state index contributed by atoms with van der Waals surface area (Å²) in [7, 11) is 0. The lowest BCUT2D eigenvalue weighted by atomic mass is 9.35. The lowest BCUT2D eigenvalue weighted by Crippen LogP contribution is -2.57. The van der Waals surface area contributed by atoms with E-state index in [1.54, 1.807) is 0 Å². The molecule has 0 saturated heterocycles. The van der Waals surface area contributed by atoms with Gasteiger partial charge in [-0.2, -0.15) is 0 Å². The van der Waals surface area contributed by atoms with Crippen LogP contribution in [0.15, 0.2) is 146 Å². The summed E-state index contributed by atoms with van der Waals surface area (Å²) in [5.74, 6) is 3.43. The van der Waals surface area contributed by atoms with Crippen LogP contribution in [0.25, 0.3) is 44.6 Å². The number of nitrogens with zero attached hydrogens (tertiary/aromatic N) is 1.